The van der Waals surface area contributed by atoms with Gasteiger partial charge in [0.2, 0.25) is 0 Å². The summed E-state index contributed by atoms with van der Waals surface area (Å²) in [6.07, 6.45) is 1.00. The molecule has 0 aliphatic rings. The summed E-state index contributed by atoms with van der Waals surface area (Å²) in [6.45, 7) is 2.46. The van der Waals surface area contributed by atoms with Crippen LogP contribution < -0.4 is 4.74 Å². The van der Waals surface area contributed by atoms with Crippen LogP contribution in [0, 0.1) is 5.82 Å². The molecule has 7 heteroatoms. The lowest BCUT2D eigenvalue weighted by molar-refractivity contribution is 0.290. The lowest BCUT2D eigenvalue weighted by Crippen LogP contribution is -2.04. The molecule has 0 aliphatic heterocycles. The number of aromatic nitrogens is 3. The highest BCUT2D eigenvalue weighted by Crippen LogP contribution is 2.26. The van der Waals surface area contributed by atoms with E-state index >= 15 is 0 Å². The van der Waals surface area contributed by atoms with Gasteiger partial charge in [0, 0.05) is 17.8 Å². The molecule has 0 spiro atoms. The molecule has 0 aliphatic carbocycles. The average Bonchev–Trinajstić information content (AvgIpc) is 2.99. The summed E-state index contributed by atoms with van der Waals surface area (Å²) in [5.41, 5.74) is 2.13. The zero-order chi connectivity index (χ0) is 18.5. The van der Waals surface area contributed by atoms with Crippen molar-refractivity contribution < 1.29 is 9.13 Å². The smallest absolute Gasteiger partial charge is 0.191 e. The summed E-state index contributed by atoms with van der Waals surface area (Å²) in [5.74, 6) is 1.79. The Kier molecular flexibility index (Phi) is 6.16. The van der Waals surface area contributed by atoms with E-state index in [1.165, 1.54) is 29.5 Å². The number of hydrogen-bond donors (Lipinski definition) is 0. The van der Waals surface area contributed by atoms with Crippen LogP contribution in [-0.4, -0.2) is 14.8 Å². The first kappa shape index (κ1) is 18.7. The highest BCUT2D eigenvalue weighted by molar-refractivity contribution is 7.98. The maximum absolute atomic E-state index is 13.1. The Labute approximate surface area is 161 Å². The van der Waals surface area contributed by atoms with Crippen LogP contribution >= 0.6 is 23.4 Å². The van der Waals surface area contributed by atoms with E-state index in [-0.39, 0.29) is 5.82 Å². The van der Waals surface area contributed by atoms with Crippen LogP contribution in [0.4, 0.5) is 4.39 Å². The molecule has 0 saturated heterocycles. The van der Waals surface area contributed by atoms with Gasteiger partial charge < -0.3 is 9.30 Å². The summed E-state index contributed by atoms with van der Waals surface area (Å²) in [4.78, 5) is 0. The molecule has 3 rings (SSSR count). The number of benzene rings is 2. The predicted octanol–water partition coefficient (Wildman–Crippen LogP) is 5.04. The van der Waals surface area contributed by atoms with E-state index < -0.39 is 0 Å². The van der Waals surface area contributed by atoms with Gasteiger partial charge in [-0.3, -0.25) is 0 Å². The number of thioether (sulfide) groups is 1. The van der Waals surface area contributed by atoms with Gasteiger partial charge >= 0.3 is 0 Å². The molecular formula is C19H19ClFN3OS. The van der Waals surface area contributed by atoms with Gasteiger partial charge in [-0.15, -0.1) is 10.2 Å². The maximum atomic E-state index is 13.1. The minimum absolute atomic E-state index is 0.339. The van der Waals surface area contributed by atoms with Crippen LogP contribution in [0.2, 0.25) is 5.02 Å². The molecule has 1 heterocycles. The molecule has 0 atom stereocenters. The fraction of sp³-hybridized carbons (Fsp3) is 0.263. The van der Waals surface area contributed by atoms with Gasteiger partial charge in [0.1, 0.15) is 18.2 Å². The second kappa shape index (κ2) is 8.56. The molecule has 0 fully saturated rings. The Morgan fingerprint density at radius 2 is 1.92 bits per heavy atom. The normalized spacial score (nSPS) is 10.9. The number of ether oxygens (including phenoxy) is 1. The van der Waals surface area contributed by atoms with Gasteiger partial charge in [-0.2, -0.15) is 0 Å². The summed E-state index contributed by atoms with van der Waals surface area (Å²) in [6, 6.07) is 12.4. The molecule has 0 saturated carbocycles. The van der Waals surface area contributed by atoms with Crippen molar-refractivity contribution in [1.29, 1.82) is 0 Å². The maximum Gasteiger partial charge on any atom is 0.191 e. The first-order valence-electron chi connectivity index (χ1n) is 8.23. The van der Waals surface area contributed by atoms with E-state index in [0.29, 0.717) is 17.4 Å². The Morgan fingerprint density at radius 3 is 2.62 bits per heavy atom. The van der Waals surface area contributed by atoms with Crippen molar-refractivity contribution >= 4 is 23.4 Å². The molecule has 0 unspecified atom stereocenters. The molecule has 0 amide bonds. The Bertz CT molecular complexity index is 883. The van der Waals surface area contributed by atoms with Gasteiger partial charge in [-0.1, -0.05) is 48.5 Å². The van der Waals surface area contributed by atoms with Crippen molar-refractivity contribution in [1.82, 2.24) is 14.8 Å². The van der Waals surface area contributed by atoms with Crippen LogP contribution in [0.5, 0.6) is 5.75 Å². The third-order valence-corrected chi connectivity index (χ3v) is 5.42. The Balaban J connectivity index is 1.60. The van der Waals surface area contributed by atoms with E-state index in [0.717, 1.165) is 28.7 Å². The topological polar surface area (TPSA) is 39.9 Å². The van der Waals surface area contributed by atoms with Gasteiger partial charge in [0.05, 0.1) is 0 Å². The zero-order valence-electron chi connectivity index (χ0n) is 14.6. The van der Waals surface area contributed by atoms with E-state index in [2.05, 4.69) is 29.3 Å². The minimum Gasteiger partial charge on any atom is -0.486 e. The van der Waals surface area contributed by atoms with E-state index in [4.69, 9.17) is 16.3 Å². The first-order valence-corrected chi connectivity index (χ1v) is 9.60. The van der Waals surface area contributed by atoms with E-state index in [9.17, 15) is 4.39 Å². The predicted molar refractivity (Wildman–Crippen MR) is 102 cm³/mol. The largest absolute Gasteiger partial charge is 0.486 e. The van der Waals surface area contributed by atoms with Crippen molar-refractivity contribution in [3.63, 3.8) is 0 Å². The van der Waals surface area contributed by atoms with Crippen molar-refractivity contribution in [2.24, 2.45) is 7.05 Å². The molecular weight excluding hydrogens is 373 g/mol. The molecule has 2 aromatic carbocycles. The van der Waals surface area contributed by atoms with Gasteiger partial charge in [-0.25, -0.2) is 4.39 Å². The minimum atomic E-state index is -0.339. The fourth-order valence-electron chi connectivity index (χ4n) is 2.35. The lowest BCUT2D eigenvalue weighted by Gasteiger charge is -2.07. The van der Waals surface area contributed by atoms with Crippen LogP contribution in [0.25, 0.3) is 0 Å². The molecule has 136 valence electrons. The molecule has 26 heavy (non-hydrogen) atoms. The number of nitrogens with zero attached hydrogens (tertiary/aromatic N) is 3. The third kappa shape index (κ3) is 4.56. The lowest BCUT2D eigenvalue weighted by atomic mass is 10.2. The number of hydrogen-bond acceptors (Lipinski definition) is 4. The number of rotatable bonds is 7. The molecule has 0 bridgehead atoms. The summed E-state index contributed by atoms with van der Waals surface area (Å²) in [5, 5.41) is 9.55. The van der Waals surface area contributed by atoms with Crippen molar-refractivity contribution in [3.8, 4) is 5.75 Å². The Morgan fingerprint density at radius 1 is 1.15 bits per heavy atom. The molecule has 4 nitrogen and oxygen atoms in total. The molecule has 0 N–H and O–H groups in total. The van der Waals surface area contributed by atoms with E-state index in [1.807, 2.05) is 23.7 Å². The third-order valence-electron chi connectivity index (χ3n) is 4.00. The standard InChI is InChI=1S/C19H19ClFN3OS/c1-3-13-4-8-16(9-5-13)25-11-18-22-23-19(24(18)2)26-12-14-6-7-15(21)10-17(14)20/h4-10H,3,11-12H2,1-2H3. The second-order valence-corrected chi connectivity index (χ2v) is 7.12. The first-order chi connectivity index (χ1) is 12.6. The molecule has 1 aromatic heterocycles. The van der Waals surface area contributed by atoms with Crippen LogP contribution in [-0.2, 0) is 25.8 Å². The zero-order valence-corrected chi connectivity index (χ0v) is 16.1. The fourth-order valence-corrected chi connectivity index (χ4v) is 3.59. The van der Waals surface area contributed by atoms with Gasteiger partial charge in [-0.05, 0) is 41.8 Å². The highest BCUT2D eigenvalue weighted by Gasteiger charge is 2.11. The summed E-state index contributed by atoms with van der Waals surface area (Å²) in [7, 11) is 1.90. The monoisotopic (exact) mass is 391 g/mol. The van der Waals surface area contributed by atoms with Crippen molar-refractivity contribution in [3.05, 3.63) is 70.3 Å². The quantitative estimate of drug-likeness (QED) is 0.529. The van der Waals surface area contributed by atoms with Gasteiger partial charge in [0.15, 0.2) is 11.0 Å². The SMILES string of the molecule is CCc1ccc(OCc2nnc(SCc3ccc(F)cc3Cl)n2C)cc1. The van der Waals surface area contributed by atoms with Crippen molar-refractivity contribution in [2.45, 2.75) is 30.9 Å². The van der Waals surface area contributed by atoms with Crippen LogP contribution in [0.15, 0.2) is 47.6 Å². The van der Waals surface area contributed by atoms with Crippen LogP contribution in [0.1, 0.15) is 23.9 Å². The second-order valence-electron chi connectivity index (χ2n) is 5.77. The van der Waals surface area contributed by atoms with Crippen LogP contribution in [0.3, 0.4) is 0 Å². The average molecular weight is 392 g/mol. The summed E-state index contributed by atoms with van der Waals surface area (Å²) < 4.78 is 20.8. The Hall–Kier alpha value is -2.05. The molecule has 3 aromatic rings. The van der Waals surface area contributed by atoms with Gasteiger partial charge in [0.25, 0.3) is 0 Å². The highest BCUT2D eigenvalue weighted by atomic mass is 35.5. The summed E-state index contributed by atoms with van der Waals surface area (Å²) >= 11 is 7.56. The molecule has 0 radical (unpaired) electrons. The number of halogens is 2. The van der Waals surface area contributed by atoms with E-state index in [1.54, 1.807) is 6.07 Å². The number of aryl methyl sites for hydroxylation is 1. The van der Waals surface area contributed by atoms with Crippen molar-refractivity contribution in [2.75, 3.05) is 0 Å².